The van der Waals surface area contributed by atoms with Gasteiger partial charge in [-0.3, -0.25) is 4.79 Å². The van der Waals surface area contributed by atoms with Crippen LogP contribution in [0.1, 0.15) is 30.1 Å². The third-order valence-electron chi connectivity index (χ3n) is 3.74. The number of hydrogen-bond donors (Lipinski definition) is 1. The number of H-pyrrole nitrogens is 1. The summed E-state index contributed by atoms with van der Waals surface area (Å²) in [6, 6.07) is 14.0. The van der Waals surface area contributed by atoms with Gasteiger partial charge >= 0.3 is 5.97 Å². The first-order valence-electron chi connectivity index (χ1n) is 7.95. The average Bonchev–Trinajstić information content (AvgIpc) is 2.62. The Morgan fingerprint density at radius 3 is 2.62 bits per heavy atom. The average molecular weight is 322 g/mol. The molecular formula is C19H18N2O3. The fraction of sp³-hybridized carbons (Fsp3) is 0.211. The third-order valence-corrected chi connectivity index (χ3v) is 3.74. The van der Waals surface area contributed by atoms with Gasteiger partial charge in [-0.2, -0.15) is 0 Å². The van der Waals surface area contributed by atoms with Crippen molar-refractivity contribution in [3.63, 3.8) is 0 Å². The standard InChI is InChI=1S/C19H18N2O3/c1-2-3-12-24-19(23)14-10-8-13(9-11-14)17-20-16-7-5-4-6-15(16)18(22)21-17/h4-11H,2-3,12H2,1H3,(H,20,21,22). The maximum absolute atomic E-state index is 12.1. The molecular weight excluding hydrogens is 304 g/mol. The molecule has 1 heterocycles. The summed E-state index contributed by atoms with van der Waals surface area (Å²) in [4.78, 5) is 31.3. The number of fused-ring (bicyclic) bond motifs is 1. The van der Waals surface area contributed by atoms with Gasteiger partial charge in [0.15, 0.2) is 0 Å². The zero-order valence-electron chi connectivity index (χ0n) is 13.4. The minimum Gasteiger partial charge on any atom is -0.462 e. The van der Waals surface area contributed by atoms with E-state index in [-0.39, 0.29) is 11.5 Å². The Hall–Kier alpha value is -2.95. The van der Waals surface area contributed by atoms with E-state index >= 15 is 0 Å². The minimum atomic E-state index is -0.338. The first-order chi connectivity index (χ1) is 11.7. The van der Waals surface area contributed by atoms with Crippen molar-refractivity contribution in [3.05, 3.63) is 64.4 Å². The SMILES string of the molecule is CCCCOC(=O)c1ccc(-c2nc3ccccc3c(=O)[nH]2)cc1. The number of esters is 1. The summed E-state index contributed by atoms with van der Waals surface area (Å²) in [5.41, 5.74) is 1.68. The minimum absolute atomic E-state index is 0.182. The number of benzene rings is 2. The smallest absolute Gasteiger partial charge is 0.338 e. The lowest BCUT2D eigenvalue weighted by Crippen LogP contribution is -2.09. The summed E-state index contributed by atoms with van der Waals surface area (Å²) < 4.78 is 5.18. The van der Waals surface area contributed by atoms with Crippen LogP contribution in [0, 0.1) is 0 Å². The number of carbonyl (C=O) groups excluding carboxylic acids is 1. The van der Waals surface area contributed by atoms with Crippen LogP contribution in [0.15, 0.2) is 53.3 Å². The van der Waals surface area contributed by atoms with Gasteiger partial charge in [0.2, 0.25) is 0 Å². The highest BCUT2D eigenvalue weighted by atomic mass is 16.5. The van der Waals surface area contributed by atoms with Gasteiger partial charge in [-0.1, -0.05) is 37.6 Å². The lowest BCUT2D eigenvalue weighted by molar-refractivity contribution is 0.0500. The second-order valence-electron chi connectivity index (χ2n) is 5.50. The molecule has 0 saturated heterocycles. The summed E-state index contributed by atoms with van der Waals surface area (Å²) in [6.45, 7) is 2.47. The summed E-state index contributed by atoms with van der Waals surface area (Å²) in [7, 11) is 0. The van der Waals surface area contributed by atoms with Crippen molar-refractivity contribution in [2.24, 2.45) is 0 Å². The highest BCUT2D eigenvalue weighted by Crippen LogP contribution is 2.17. The van der Waals surface area contributed by atoms with Gasteiger partial charge in [-0.05, 0) is 30.7 Å². The largest absolute Gasteiger partial charge is 0.462 e. The first-order valence-corrected chi connectivity index (χ1v) is 7.95. The molecule has 0 atom stereocenters. The Bertz CT molecular complexity index is 914. The molecule has 3 rings (SSSR count). The van der Waals surface area contributed by atoms with E-state index in [2.05, 4.69) is 9.97 Å². The predicted octanol–water partition coefficient (Wildman–Crippen LogP) is 3.55. The van der Waals surface area contributed by atoms with E-state index in [4.69, 9.17) is 4.74 Å². The van der Waals surface area contributed by atoms with Gasteiger partial charge in [-0.15, -0.1) is 0 Å². The van der Waals surface area contributed by atoms with Crippen molar-refractivity contribution in [1.82, 2.24) is 9.97 Å². The van der Waals surface area contributed by atoms with Crippen molar-refractivity contribution >= 4 is 16.9 Å². The number of aromatic amines is 1. The van der Waals surface area contributed by atoms with Crippen molar-refractivity contribution in [3.8, 4) is 11.4 Å². The maximum atomic E-state index is 12.1. The van der Waals surface area contributed by atoms with Crippen LogP contribution in [0.25, 0.3) is 22.3 Å². The van der Waals surface area contributed by atoms with E-state index in [1.807, 2.05) is 13.0 Å². The van der Waals surface area contributed by atoms with Crippen LogP contribution < -0.4 is 5.56 Å². The molecule has 0 aliphatic heterocycles. The van der Waals surface area contributed by atoms with E-state index in [0.29, 0.717) is 28.9 Å². The Morgan fingerprint density at radius 1 is 1.12 bits per heavy atom. The predicted molar refractivity (Wildman–Crippen MR) is 93.0 cm³/mol. The Labute approximate surface area is 139 Å². The summed E-state index contributed by atoms with van der Waals surface area (Å²) >= 11 is 0. The third kappa shape index (κ3) is 3.35. The molecule has 0 spiro atoms. The zero-order chi connectivity index (χ0) is 16.9. The topological polar surface area (TPSA) is 72.0 Å². The second-order valence-corrected chi connectivity index (χ2v) is 5.50. The molecule has 0 unspecified atom stereocenters. The number of unbranched alkanes of at least 4 members (excludes halogenated alkanes) is 1. The highest BCUT2D eigenvalue weighted by molar-refractivity contribution is 5.90. The fourth-order valence-corrected chi connectivity index (χ4v) is 2.38. The van der Waals surface area contributed by atoms with Crippen LogP contribution in [0.2, 0.25) is 0 Å². The lowest BCUT2D eigenvalue weighted by Gasteiger charge is -2.06. The van der Waals surface area contributed by atoms with E-state index in [9.17, 15) is 9.59 Å². The molecule has 0 aliphatic carbocycles. The number of hydrogen-bond acceptors (Lipinski definition) is 4. The quantitative estimate of drug-likeness (QED) is 0.576. The summed E-state index contributed by atoms with van der Waals surface area (Å²) in [5, 5.41) is 0.553. The molecule has 122 valence electrons. The molecule has 0 fully saturated rings. The molecule has 0 saturated carbocycles. The molecule has 3 aromatic rings. The molecule has 2 aromatic carbocycles. The van der Waals surface area contributed by atoms with E-state index in [0.717, 1.165) is 18.4 Å². The Morgan fingerprint density at radius 2 is 1.88 bits per heavy atom. The Kier molecular flexibility index (Phi) is 4.70. The molecule has 0 radical (unpaired) electrons. The van der Waals surface area contributed by atoms with Crippen LogP contribution in [0.3, 0.4) is 0 Å². The number of nitrogens with zero attached hydrogens (tertiary/aromatic N) is 1. The summed E-state index contributed by atoms with van der Waals surface area (Å²) in [5.74, 6) is 0.138. The lowest BCUT2D eigenvalue weighted by atomic mass is 10.1. The fourth-order valence-electron chi connectivity index (χ4n) is 2.38. The van der Waals surface area contributed by atoms with Gasteiger partial charge in [0.25, 0.3) is 5.56 Å². The van der Waals surface area contributed by atoms with Crippen LogP contribution in [-0.2, 0) is 4.74 Å². The molecule has 1 N–H and O–H groups in total. The number of rotatable bonds is 5. The normalized spacial score (nSPS) is 10.7. The van der Waals surface area contributed by atoms with Crippen molar-refractivity contribution in [2.45, 2.75) is 19.8 Å². The number of nitrogens with one attached hydrogen (secondary N) is 1. The summed E-state index contributed by atoms with van der Waals surface area (Å²) in [6.07, 6.45) is 1.83. The van der Waals surface area contributed by atoms with E-state index < -0.39 is 0 Å². The number of para-hydroxylation sites is 1. The van der Waals surface area contributed by atoms with Crippen molar-refractivity contribution in [2.75, 3.05) is 6.61 Å². The van der Waals surface area contributed by atoms with Gasteiger partial charge < -0.3 is 9.72 Å². The highest BCUT2D eigenvalue weighted by Gasteiger charge is 2.09. The van der Waals surface area contributed by atoms with Gasteiger partial charge in [0.05, 0.1) is 23.1 Å². The van der Waals surface area contributed by atoms with Gasteiger partial charge in [-0.25, -0.2) is 9.78 Å². The number of carbonyl (C=O) groups is 1. The van der Waals surface area contributed by atoms with Crippen LogP contribution in [0.5, 0.6) is 0 Å². The van der Waals surface area contributed by atoms with Crippen molar-refractivity contribution in [1.29, 1.82) is 0 Å². The van der Waals surface area contributed by atoms with E-state index in [1.165, 1.54) is 0 Å². The molecule has 5 heteroatoms. The maximum Gasteiger partial charge on any atom is 0.338 e. The Balaban J connectivity index is 1.86. The van der Waals surface area contributed by atoms with Crippen LogP contribution in [-0.4, -0.2) is 22.5 Å². The molecule has 0 bridgehead atoms. The molecule has 1 aromatic heterocycles. The van der Waals surface area contributed by atoms with Crippen LogP contribution in [0.4, 0.5) is 0 Å². The number of ether oxygens (including phenoxy) is 1. The van der Waals surface area contributed by atoms with Gasteiger partial charge in [0, 0.05) is 5.56 Å². The van der Waals surface area contributed by atoms with E-state index in [1.54, 1.807) is 42.5 Å². The van der Waals surface area contributed by atoms with Gasteiger partial charge in [0.1, 0.15) is 5.82 Å². The van der Waals surface area contributed by atoms with Crippen molar-refractivity contribution < 1.29 is 9.53 Å². The molecule has 5 nitrogen and oxygen atoms in total. The number of aromatic nitrogens is 2. The molecule has 24 heavy (non-hydrogen) atoms. The molecule has 0 aliphatic rings. The second kappa shape index (κ2) is 7.08. The first kappa shape index (κ1) is 15.9. The zero-order valence-corrected chi connectivity index (χ0v) is 13.4. The monoisotopic (exact) mass is 322 g/mol. The van der Waals surface area contributed by atoms with Crippen LogP contribution >= 0.6 is 0 Å². The molecule has 0 amide bonds.